The second-order valence-corrected chi connectivity index (χ2v) is 7.71. The number of hydrogen-bond donors (Lipinski definition) is 0. The van der Waals surface area contributed by atoms with Crippen LogP contribution >= 0.6 is 11.6 Å². The molecule has 0 N–H and O–H groups in total. The van der Waals surface area contributed by atoms with E-state index >= 15 is 0 Å². The van der Waals surface area contributed by atoms with Gasteiger partial charge in [-0.25, -0.2) is 19.2 Å². The van der Waals surface area contributed by atoms with Gasteiger partial charge in [0.15, 0.2) is 17.4 Å². The van der Waals surface area contributed by atoms with Gasteiger partial charge in [0.25, 0.3) is 0 Å². The molecule has 8 heteroatoms. The van der Waals surface area contributed by atoms with E-state index in [1.54, 1.807) is 23.2 Å². The highest BCUT2D eigenvalue weighted by atomic mass is 35.5. The topological polar surface area (TPSA) is 64.5 Å². The summed E-state index contributed by atoms with van der Waals surface area (Å²) in [6, 6.07) is 5.44. The van der Waals surface area contributed by atoms with Crippen molar-refractivity contribution < 1.29 is 18.7 Å². The molecule has 1 aromatic carbocycles. The van der Waals surface area contributed by atoms with E-state index in [-0.39, 0.29) is 12.4 Å². The van der Waals surface area contributed by atoms with Gasteiger partial charge in [0.2, 0.25) is 0 Å². The summed E-state index contributed by atoms with van der Waals surface area (Å²) in [5.41, 5.74) is -0.0348. The van der Waals surface area contributed by atoms with Crippen LogP contribution in [-0.4, -0.2) is 33.1 Å². The van der Waals surface area contributed by atoms with Crippen LogP contribution in [0, 0.1) is 5.82 Å². The second kappa shape index (κ2) is 8.14. The van der Waals surface area contributed by atoms with Crippen molar-refractivity contribution in [2.24, 2.45) is 0 Å². The van der Waals surface area contributed by atoms with Crippen molar-refractivity contribution in [1.82, 2.24) is 14.9 Å². The Balaban J connectivity index is 1.71. The number of ether oxygens (including phenoxy) is 2. The van der Waals surface area contributed by atoms with E-state index in [9.17, 15) is 9.18 Å². The molecule has 0 saturated heterocycles. The third-order valence-corrected chi connectivity index (χ3v) is 4.09. The summed E-state index contributed by atoms with van der Waals surface area (Å²) in [5, 5.41) is 0.296. The Morgan fingerprint density at radius 2 is 2.14 bits per heavy atom. The van der Waals surface area contributed by atoms with Crippen molar-refractivity contribution in [3.05, 3.63) is 65.0 Å². The molecule has 1 amide bonds. The lowest BCUT2D eigenvalue weighted by molar-refractivity contribution is 0.0234. The molecule has 0 saturated carbocycles. The predicted octanol–water partition coefficient (Wildman–Crippen LogP) is 4.70. The van der Waals surface area contributed by atoms with E-state index in [0.717, 1.165) is 0 Å². The van der Waals surface area contributed by atoms with Gasteiger partial charge in [0.05, 0.1) is 5.69 Å². The average Bonchev–Trinajstić information content (AvgIpc) is 3.10. The largest absolute Gasteiger partial charge is 0.484 e. The number of rotatable bonds is 4. The third kappa shape index (κ3) is 4.98. The number of carbonyl (C=O) groups excluding carboxylic acids is 1. The van der Waals surface area contributed by atoms with E-state index in [4.69, 9.17) is 21.1 Å². The zero-order chi connectivity index (χ0) is 20.3. The molecule has 148 valence electrons. The van der Waals surface area contributed by atoms with Gasteiger partial charge >= 0.3 is 6.09 Å². The molecular formula is C20H21ClFN3O3. The van der Waals surface area contributed by atoms with Crippen molar-refractivity contribution >= 4 is 17.7 Å². The molecule has 3 rings (SSSR count). The first-order valence-electron chi connectivity index (χ1n) is 8.79. The standard InChI is InChI=1S/C20H21ClFN3O3/c1-20(2,3)28-19(26)25-10-4-5-16(25)18-23-9-8-14(24-18)12-27-17-7-6-13(21)11-15(17)22/h4-9,11,16H,10,12H2,1-3H3. The molecule has 28 heavy (non-hydrogen) atoms. The van der Waals surface area contributed by atoms with Crippen molar-refractivity contribution in [3.63, 3.8) is 0 Å². The lowest BCUT2D eigenvalue weighted by atomic mass is 10.2. The Morgan fingerprint density at radius 1 is 1.36 bits per heavy atom. The quantitative estimate of drug-likeness (QED) is 0.690. The van der Waals surface area contributed by atoms with E-state index in [1.807, 2.05) is 32.9 Å². The molecule has 0 spiro atoms. The molecule has 1 aromatic heterocycles. The molecule has 1 aliphatic rings. The fourth-order valence-corrected chi connectivity index (χ4v) is 2.79. The lowest BCUT2D eigenvalue weighted by Crippen LogP contribution is -2.37. The summed E-state index contributed by atoms with van der Waals surface area (Å²) in [6.45, 7) is 5.91. The first kappa shape index (κ1) is 20.1. The van der Waals surface area contributed by atoms with Crippen molar-refractivity contribution in [1.29, 1.82) is 0 Å². The zero-order valence-electron chi connectivity index (χ0n) is 15.9. The molecule has 2 aromatic rings. The first-order valence-corrected chi connectivity index (χ1v) is 9.17. The minimum Gasteiger partial charge on any atom is -0.484 e. The number of benzene rings is 1. The fourth-order valence-electron chi connectivity index (χ4n) is 2.63. The molecule has 1 unspecified atom stereocenters. The predicted molar refractivity (Wildman–Crippen MR) is 103 cm³/mol. The van der Waals surface area contributed by atoms with Gasteiger partial charge in [-0.3, -0.25) is 4.90 Å². The van der Waals surface area contributed by atoms with Gasteiger partial charge in [-0.15, -0.1) is 0 Å². The van der Waals surface area contributed by atoms with Crippen LogP contribution in [0.1, 0.15) is 38.3 Å². The number of halogens is 2. The summed E-state index contributed by atoms with van der Waals surface area (Å²) < 4.78 is 24.8. The van der Waals surface area contributed by atoms with E-state index in [1.165, 1.54) is 12.1 Å². The third-order valence-electron chi connectivity index (χ3n) is 3.85. The SMILES string of the molecule is CC(C)(C)OC(=O)N1CC=CC1c1nccc(COc2ccc(Cl)cc2F)n1. The highest BCUT2D eigenvalue weighted by Gasteiger charge is 2.31. The van der Waals surface area contributed by atoms with Crippen LogP contribution in [0.25, 0.3) is 0 Å². The number of amides is 1. The van der Waals surface area contributed by atoms with Crippen molar-refractivity contribution in [3.8, 4) is 5.75 Å². The Hall–Kier alpha value is -2.67. The van der Waals surface area contributed by atoms with Crippen LogP contribution in [0.15, 0.2) is 42.6 Å². The molecule has 6 nitrogen and oxygen atoms in total. The molecule has 2 heterocycles. The molecule has 0 radical (unpaired) electrons. The van der Waals surface area contributed by atoms with Crippen LogP contribution < -0.4 is 4.74 Å². The molecule has 0 bridgehead atoms. The highest BCUT2D eigenvalue weighted by molar-refractivity contribution is 6.30. The number of hydrogen-bond acceptors (Lipinski definition) is 5. The minimum atomic E-state index is -0.594. The van der Waals surface area contributed by atoms with Crippen LogP contribution in [0.3, 0.4) is 0 Å². The van der Waals surface area contributed by atoms with Gasteiger partial charge in [-0.05, 0) is 45.0 Å². The van der Waals surface area contributed by atoms with Gasteiger partial charge in [0.1, 0.15) is 18.2 Å². The van der Waals surface area contributed by atoms with Crippen LogP contribution in [-0.2, 0) is 11.3 Å². The summed E-state index contributed by atoms with van der Waals surface area (Å²) in [4.78, 5) is 22.7. The van der Waals surface area contributed by atoms with Crippen molar-refractivity contribution in [2.45, 2.75) is 39.0 Å². The Labute approximate surface area is 167 Å². The van der Waals surface area contributed by atoms with Gasteiger partial charge < -0.3 is 9.47 Å². The Kier molecular flexibility index (Phi) is 5.84. The molecule has 0 fully saturated rings. The maximum absolute atomic E-state index is 13.8. The van der Waals surface area contributed by atoms with E-state index in [2.05, 4.69) is 9.97 Å². The van der Waals surface area contributed by atoms with Crippen molar-refractivity contribution in [2.75, 3.05) is 6.54 Å². The Bertz CT molecular complexity index is 899. The number of aromatic nitrogens is 2. The summed E-state index contributed by atoms with van der Waals surface area (Å²) in [5.74, 6) is -0.0189. The second-order valence-electron chi connectivity index (χ2n) is 7.28. The molecule has 1 aliphatic heterocycles. The molecule has 1 atom stereocenters. The smallest absolute Gasteiger partial charge is 0.411 e. The Morgan fingerprint density at radius 3 is 2.86 bits per heavy atom. The fraction of sp³-hybridized carbons (Fsp3) is 0.350. The maximum atomic E-state index is 13.8. The van der Waals surface area contributed by atoms with Gasteiger partial charge in [-0.2, -0.15) is 0 Å². The van der Waals surface area contributed by atoms with E-state index < -0.39 is 23.6 Å². The van der Waals surface area contributed by atoms with Crippen LogP contribution in [0.5, 0.6) is 5.75 Å². The summed E-state index contributed by atoms with van der Waals surface area (Å²) in [7, 11) is 0. The zero-order valence-corrected chi connectivity index (χ0v) is 16.6. The number of nitrogens with zero attached hydrogens (tertiary/aromatic N) is 3. The van der Waals surface area contributed by atoms with Gasteiger partial charge in [0, 0.05) is 17.8 Å². The maximum Gasteiger partial charge on any atom is 0.411 e. The average molecular weight is 406 g/mol. The van der Waals surface area contributed by atoms with E-state index in [0.29, 0.717) is 23.1 Å². The molecular weight excluding hydrogens is 385 g/mol. The van der Waals surface area contributed by atoms with Gasteiger partial charge in [-0.1, -0.05) is 23.8 Å². The normalized spacial score (nSPS) is 16.3. The minimum absolute atomic E-state index is 0.0525. The first-order chi connectivity index (χ1) is 13.2. The van der Waals surface area contributed by atoms with Crippen LogP contribution in [0.2, 0.25) is 5.02 Å². The highest BCUT2D eigenvalue weighted by Crippen LogP contribution is 2.27. The molecule has 0 aliphatic carbocycles. The summed E-state index contributed by atoms with van der Waals surface area (Å²) >= 11 is 5.74. The summed E-state index contributed by atoms with van der Waals surface area (Å²) in [6.07, 6.45) is 4.86. The van der Waals surface area contributed by atoms with Crippen LogP contribution in [0.4, 0.5) is 9.18 Å². The lowest BCUT2D eigenvalue weighted by Gasteiger charge is -2.28. The number of carbonyl (C=O) groups is 1. The monoisotopic (exact) mass is 405 g/mol.